The molecule has 7 heteroatoms. The molecule has 7 nitrogen and oxygen atoms in total. The van der Waals surface area contributed by atoms with E-state index in [0.29, 0.717) is 6.04 Å². The summed E-state index contributed by atoms with van der Waals surface area (Å²) in [7, 11) is 1.84. The second-order valence-corrected chi connectivity index (χ2v) is 6.32. The van der Waals surface area contributed by atoms with E-state index in [1.165, 1.54) is 0 Å². The van der Waals surface area contributed by atoms with Crippen LogP contribution < -0.4 is 10.6 Å². The van der Waals surface area contributed by atoms with Crippen LogP contribution in [0.25, 0.3) is 0 Å². The van der Waals surface area contributed by atoms with E-state index in [0.717, 1.165) is 37.7 Å². The molecule has 0 bridgehead atoms. The number of hydrogen-bond acceptors (Lipinski definition) is 4. The summed E-state index contributed by atoms with van der Waals surface area (Å²) in [6.07, 6.45) is 3.50. The van der Waals surface area contributed by atoms with Crippen molar-refractivity contribution in [2.45, 2.75) is 46.3 Å². The van der Waals surface area contributed by atoms with Crippen molar-refractivity contribution in [2.24, 2.45) is 12.0 Å². The van der Waals surface area contributed by atoms with E-state index >= 15 is 0 Å². The fourth-order valence-electron chi connectivity index (χ4n) is 2.59. The van der Waals surface area contributed by atoms with Crippen molar-refractivity contribution in [3.63, 3.8) is 0 Å². The van der Waals surface area contributed by atoms with E-state index in [-0.39, 0.29) is 6.54 Å². The van der Waals surface area contributed by atoms with E-state index < -0.39 is 5.60 Å². The van der Waals surface area contributed by atoms with E-state index in [1.807, 2.05) is 20.2 Å². The van der Waals surface area contributed by atoms with Crippen molar-refractivity contribution in [1.29, 1.82) is 0 Å². The number of hydrogen-bond donors (Lipinski definition) is 3. The van der Waals surface area contributed by atoms with Gasteiger partial charge in [0.25, 0.3) is 0 Å². The lowest BCUT2D eigenvalue weighted by molar-refractivity contribution is 0.0671. The van der Waals surface area contributed by atoms with E-state index in [1.54, 1.807) is 17.8 Å². The number of aliphatic hydroxyl groups is 1. The second kappa shape index (κ2) is 9.64. The van der Waals surface area contributed by atoms with Crippen LogP contribution in [0.3, 0.4) is 0 Å². The standard InChI is InChI=1S/C17H34N6O/c1-7-18-16(19-10-14(4)23(8-2)9-3)20-13-17(5,24)15-11-21-22(6)12-15/h11-12,14,24H,7-10,13H2,1-6H3,(H2,18,19,20). The van der Waals surface area contributed by atoms with Gasteiger partial charge >= 0.3 is 0 Å². The van der Waals surface area contributed by atoms with Crippen molar-refractivity contribution >= 4 is 5.96 Å². The molecule has 2 unspecified atom stereocenters. The minimum absolute atomic E-state index is 0.272. The first-order valence-corrected chi connectivity index (χ1v) is 8.81. The predicted molar refractivity (Wildman–Crippen MR) is 99.1 cm³/mol. The third-order valence-electron chi connectivity index (χ3n) is 4.22. The minimum Gasteiger partial charge on any atom is -0.383 e. The highest BCUT2D eigenvalue weighted by Crippen LogP contribution is 2.19. The van der Waals surface area contributed by atoms with Gasteiger partial charge in [0.05, 0.1) is 12.7 Å². The highest BCUT2D eigenvalue weighted by Gasteiger charge is 2.24. The molecule has 3 N–H and O–H groups in total. The molecule has 0 aliphatic rings. The molecule has 0 saturated carbocycles. The normalized spacial score (nSPS) is 16.1. The summed E-state index contributed by atoms with van der Waals surface area (Å²) in [6.45, 7) is 14.3. The summed E-state index contributed by atoms with van der Waals surface area (Å²) >= 11 is 0. The van der Waals surface area contributed by atoms with Crippen molar-refractivity contribution in [3.05, 3.63) is 18.0 Å². The molecule has 0 aliphatic carbocycles. The van der Waals surface area contributed by atoms with Gasteiger partial charge in [0.2, 0.25) is 0 Å². The molecule has 0 amide bonds. The van der Waals surface area contributed by atoms with Crippen LogP contribution in [0.1, 0.15) is 40.2 Å². The predicted octanol–water partition coefficient (Wildman–Crippen LogP) is 0.913. The smallest absolute Gasteiger partial charge is 0.191 e. The molecule has 1 rings (SSSR count). The second-order valence-electron chi connectivity index (χ2n) is 6.32. The average molecular weight is 339 g/mol. The molecule has 0 aromatic carbocycles. The lowest BCUT2D eigenvalue weighted by atomic mass is 10.0. The first-order chi connectivity index (χ1) is 11.3. The molecule has 0 radical (unpaired) electrons. The number of rotatable bonds is 9. The van der Waals surface area contributed by atoms with Gasteiger partial charge in [-0.15, -0.1) is 0 Å². The van der Waals surface area contributed by atoms with E-state index in [2.05, 4.69) is 46.4 Å². The van der Waals surface area contributed by atoms with Crippen LogP contribution in [-0.2, 0) is 12.6 Å². The van der Waals surface area contributed by atoms with E-state index in [9.17, 15) is 5.11 Å². The Morgan fingerprint density at radius 3 is 2.54 bits per heavy atom. The zero-order valence-corrected chi connectivity index (χ0v) is 16.0. The van der Waals surface area contributed by atoms with Gasteiger partial charge in [-0.25, -0.2) is 4.99 Å². The average Bonchev–Trinajstić information content (AvgIpc) is 2.98. The molecule has 1 heterocycles. The first-order valence-electron chi connectivity index (χ1n) is 8.81. The number of likely N-dealkylation sites (N-methyl/N-ethyl adjacent to an activating group) is 1. The molecule has 2 atom stereocenters. The van der Waals surface area contributed by atoms with Gasteiger partial charge in [-0.05, 0) is 33.9 Å². The third kappa shape index (κ3) is 6.13. The molecule has 0 aliphatic heterocycles. The maximum atomic E-state index is 10.6. The monoisotopic (exact) mass is 338 g/mol. The van der Waals surface area contributed by atoms with Crippen LogP contribution >= 0.6 is 0 Å². The van der Waals surface area contributed by atoms with Gasteiger partial charge in [0.15, 0.2) is 5.96 Å². The van der Waals surface area contributed by atoms with Crippen LogP contribution in [0.5, 0.6) is 0 Å². The van der Waals surface area contributed by atoms with Gasteiger partial charge < -0.3 is 15.7 Å². The topological polar surface area (TPSA) is 77.7 Å². The summed E-state index contributed by atoms with van der Waals surface area (Å²) in [6, 6.07) is 0.419. The van der Waals surface area contributed by atoms with Crippen molar-refractivity contribution in [2.75, 3.05) is 32.7 Å². The molecule has 138 valence electrons. The molecule has 24 heavy (non-hydrogen) atoms. The van der Waals surface area contributed by atoms with Gasteiger partial charge in [-0.1, -0.05) is 13.8 Å². The molecule has 0 fully saturated rings. The zero-order chi connectivity index (χ0) is 18.2. The number of nitrogens with zero attached hydrogens (tertiary/aromatic N) is 4. The highest BCUT2D eigenvalue weighted by atomic mass is 16.3. The fourth-order valence-corrected chi connectivity index (χ4v) is 2.59. The van der Waals surface area contributed by atoms with Crippen LogP contribution in [0.15, 0.2) is 17.4 Å². The number of guanidine groups is 1. The number of nitrogens with one attached hydrogen (secondary N) is 2. The van der Waals surface area contributed by atoms with Gasteiger partial charge in [0.1, 0.15) is 5.60 Å². The Bertz CT molecular complexity index is 507. The molecule has 0 spiro atoms. The summed E-state index contributed by atoms with van der Waals surface area (Å²) in [4.78, 5) is 6.93. The Hall–Kier alpha value is -1.60. The number of aromatic nitrogens is 2. The lowest BCUT2D eigenvalue weighted by Gasteiger charge is -2.27. The minimum atomic E-state index is -1.04. The number of aliphatic imine (C=N–C) groups is 1. The molecular formula is C17H34N6O. The van der Waals surface area contributed by atoms with Crippen LogP contribution in [0, 0.1) is 0 Å². The highest BCUT2D eigenvalue weighted by molar-refractivity contribution is 5.79. The number of aryl methyl sites for hydroxylation is 1. The summed E-state index contributed by atoms with van der Waals surface area (Å²) in [5.74, 6) is 0.723. The summed E-state index contributed by atoms with van der Waals surface area (Å²) < 4.78 is 1.68. The van der Waals surface area contributed by atoms with Gasteiger partial charge in [-0.2, -0.15) is 5.10 Å². The van der Waals surface area contributed by atoms with Crippen molar-refractivity contribution < 1.29 is 5.11 Å². The van der Waals surface area contributed by atoms with Crippen molar-refractivity contribution in [1.82, 2.24) is 25.3 Å². The van der Waals surface area contributed by atoms with E-state index in [4.69, 9.17) is 0 Å². The van der Waals surface area contributed by atoms with Gasteiger partial charge in [0, 0.05) is 37.9 Å². The van der Waals surface area contributed by atoms with Crippen LogP contribution in [0.2, 0.25) is 0 Å². The zero-order valence-electron chi connectivity index (χ0n) is 16.0. The largest absolute Gasteiger partial charge is 0.383 e. The Morgan fingerprint density at radius 1 is 1.38 bits per heavy atom. The van der Waals surface area contributed by atoms with Gasteiger partial charge in [-0.3, -0.25) is 9.58 Å². The summed E-state index contributed by atoms with van der Waals surface area (Å²) in [5, 5.41) is 21.3. The lowest BCUT2D eigenvalue weighted by Crippen LogP contribution is -2.46. The third-order valence-corrected chi connectivity index (χ3v) is 4.22. The maximum Gasteiger partial charge on any atom is 0.191 e. The van der Waals surface area contributed by atoms with Crippen molar-refractivity contribution in [3.8, 4) is 0 Å². The Kier molecular flexibility index (Phi) is 8.21. The Labute approximate surface area is 146 Å². The summed E-state index contributed by atoms with van der Waals surface area (Å²) in [5.41, 5.74) is -0.276. The molecule has 1 aromatic rings. The first kappa shape index (κ1) is 20.4. The fraction of sp³-hybridized carbons (Fsp3) is 0.765. The molecule has 1 aromatic heterocycles. The Morgan fingerprint density at radius 2 is 2.04 bits per heavy atom. The Balaban J connectivity index is 2.68. The quantitative estimate of drug-likeness (QED) is 0.461. The molecule has 0 saturated heterocycles. The molecular weight excluding hydrogens is 304 g/mol. The maximum absolute atomic E-state index is 10.6. The van der Waals surface area contributed by atoms with Crippen LogP contribution in [-0.4, -0.2) is 64.5 Å². The SMILES string of the molecule is CCNC(=NCC(C)(O)c1cnn(C)c1)NCC(C)N(CC)CC. The van der Waals surface area contributed by atoms with Crippen LogP contribution in [0.4, 0.5) is 0 Å².